The van der Waals surface area contributed by atoms with Crippen molar-refractivity contribution in [2.45, 2.75) is 6.92 Å². The summed E-state index contributed by atoms with van der Waals surface area (Å²) in [6.45, 7) is 1.95. The van der Waals surface area contributed by atoms with Gasteiger partial charge in [-0.15, -0.1) is 0 Å². The second kappa shape index (κ2) is 9.34. The van der Waals surface area contributed by atoms with Crippen LogP contribution >= 0.6 is 0 Å². The Bertz CT molecular complexity index is 1050. The first-order chi connectivity index (χ1) is 14.8. The summed E-state index contributed by atoms with van der Waals surface area (Å²) in [4.78, 5) is 32.4. The van der Waals surface area contributed by atoms with E-state index in [1.54, 1.807) is 47.8 Å². The summed E-state index contributed by atoms with van der Waals surface area (Å²) in [5, 5.41) is 0. The molecule has 0 radical (unpaired) electrons. The number of hydrogen-bond acceptors (Lipinski definition) is 2. The van der Waals surface area contributed by atoms with E-state index in [1.165, 1.54) is 0 Å². The quantitative estimate of drug-likeness (QED) is 0.573. The topological polar surface area (TPSA) is 47.1 Å². The van der Waals surface area contributed by atoms with E-state index in [0.717, 1.165) is 22.6 Å². The third-order valence-corrected chi connectivity index (χ3v) is 5.38. The molecule has 31 heavy (non-hydrogen) atoms. The summed E-state index contributed by atoms with van der Waals surface area (Å²) in [5.41, 5.74) is 4.01. The lowest BCUT2D eigenvalue weighted by molar-refractivity contribution is 0.253. The molecular weight excluding hydrogens is 388 g/mol. The number of urea groups is 2. The Morgan fingerprint density at radius 2 is 0.968 bits per heavy atom. The van der Waals surface area contributed by atoms with Gasteiger partial charge in [0.1, 0.15) is 0 Å². The minimum absolute atomic E-state index is 0.165. The molecule has 3 aromatic carbocycles. The zero-order chi connectivity index (χ0) is 22.5. The highest BCUT2D eigenvalue weighted by Crippen LogP contribution is 2.28. The number of amides is 4. The monoisotopic (exact) mass is 416 g/mol. The maximum absolute atomic E-state index is 13.1. The van der Waals surface area contributed by atoms with E-state index in [1.807, 2.05) is 85.8 Å². The number of rotatable bonds is 4. The first-order valence-corrected chi connectivity index (χ1v) is 10.0. The number of anilines is 4. The van der Waals surface area contributed by atoms with E-state index in [2.05, 4.69) is 0 Å². The van der Waals surface area contributed by atoms with E-state index in [0.29, 0.717) is 5.69 Å². The van der Waals surface area contributed by atoms with Crippen molar-refractivity contribution in [3.63, 3.8) is 0 Å². The van der Waals surface area contributed by atoms with Crippen molar-refractivity contribution in [1.82, 2.24) is 0 Å². The first kappa shape index (κ1) is 21.9. The Labute approximate surface area is 183 Å². The molecule has 0 aliphatic rings. The van der Waals surface area contributed by atoms with Gasteiger partial charge in [-0.2, -0.15) is 0 Å². The smallest absolute Gasteiger partial charge is 0.297 e. The van der Waals surface area contributed by atoms with Gasteiger partial charge in [0.05, 0.1) is 5.69 Å². The maximum atomic E-state index is 13.1. The van der Waals surface area contributed by atoms with Crippen molar-refractivity contribution in [3.05, 3.63) is 84.4 Å². The maximum Gasteiger partial charge on any atom is 0.328 e. The molecule has 0 N–H and O–H groups in total. The lowest BCUT2D eigenvalue weighted by Crippen LogP contribution is -2.40. The number of aryl methyl sites for hydroxylation is 1. The summed E-state index contributed by atoms with van der Waals surface area (Å²) in [6.07, 6.45) is 0. The highest BCUT2D eigenvalue weighted by atomic mass is 16.2. The summed E-state index contributed by atoms with van der Waals surface area (Å²) in [5.74, 6) is 0. The van der Waals surface area contributed by atoms with Crippen LogP contribution in [0.25, 0.3) is 0 Å². The molecule has 0 bridgehead atoms. The second-order valence-corrected chi connectivity index (χ2v) is 7.44. The summed E-state index contributed by atoms with van der Waals surface area (Å²) < 4.78 is 0. The van der Waals surface area contributed by atoms with Gasteiger partial charge in [-0.05, 0) is 48.9 Å². The van der Waals surface area contributed by atoms with Crippen LogP contribution in [0, 0.1) is 6.92 Å². The molecule has 6 heteroatoms. The summed E-state index contributed by atoms with van der Waals surface area (Å²) in [7, 11) is 6.96. The molecule has 0 saturated carbocycles. The molecule has 0 aliphatic carbocycles. The van der Waals surface area contributed by atoms with Gasteiger partial charge in [-0.3, -0.25) is 19.6 Å². The van der Waals surface area contributed by atoms with Crippen molar-refractivity contribution in [2.24, 2.45) is 0 Å². The Kier molecular flexibility index (Phi) is 6.60. The first-order valence-electron chi connectivity index (χ1n) is 10.0. The van der Waals surface area contributed by atoms with Crippen LogP contribution in [0.15, 0.2) is 78.9 Å². The number of carbonyl (C=O) groups is 2. The van der Waals surface area contributed by atoms with Gasteiger partial charge in [0.15, 0.2) is 0 Å². The molecule has 0 atom stereocenters. The fourth-order valence-electron chi connectivity index (χ4n) is 3.36. The normalized spacial score (nSPS) is 10.4. The fourth-order valence-corrected chi connectivity index (χ4v) is 3.36. The minimum Gasteiger partial charge on any atom is -0.297 e. The molecule has 3 aromatic rings. The third kappa shape index (κ3) is 4.69. The van der Waals surface area contributed by atoms with Crippen molar-refractivity contribution in [3.8, 4) is 0 Å². The zero-order valence-corrected chi connectivity index (χ0v) is 18.6. The molecule has 0 unspecified atom stereocenters. The van der Waals surface area contributed by atoms with Crippen LogP contribution in [0.1, 0.15) is 5.56 Å². The number of hydrogen-bond donors (Lipinski definition) is 0. The van der Waals surface area contributed by atoms with E-state index in [-0.39, 0.29) is 12.1 Å². The van der Waals surface area contributed by atoms with Crippen LogP contribution in [0.3, 0.4) is 0 Å². The Morgan fingerprint density at radius 3 is 1.45 bits per heavy atom. The number of nitrogens with zero attached hydrogens (tertiary/aromatic N) is 4. The molecule has 3 rings (SSSR count). The lowest BCUT2D eigenvalue weighted by atomic mass is 10.1. The fraction of sp³-hybridized carbons (Fsp3) is 0.200. The molecule has 0 spiro atoms. The van der Waals surface area contributed by atoms with E-state index in [9.17, 15) is 9.59 Å². The van der Waals surface area contributed by atoms with Crippen LogP contribution < -0.4 is 19.6 Å². The molecular formula is C25H28N4O2. The second-order valence-electron chi connectivity index (χ2n) is 7.44. The van der Waals surface area contributed by atoms with Gasteiger partial charge < -0.3 is 0 Å². The van der Waals surface area contributed by atoms with Gasteiger partial charge in [-0.25, -0.2) is 9.59 Å². The number of para-hydroxylation sites is 2. The van der Waals surface area contributed by atoms with E-state index in [4.69, 9.17) is 0 Å². The van der Waals surface area contributed by atoms with Gasteiger partial charge in [0.2, 0.25) is 0 Å². The van der Waals surface area contributed by atoms with E-state index < -0.39 is 0 Å². The largest absolute Gasteiger partial charge is 0.328 e. The van der Waals surface area contributed by atoms with Gasteiger partial charge in [0, 0.05) is 45.3 Å². The minimum atomic E-state index is -0.170. The lowest BCUT2D eigenvalue weighted by Gasteiger charge is -2.29. The average Bonchev–Trinajstić information content (AvgIpc) is 2.82. The van der Waals surface area contributed by atoms with Crippen molar-refractivity contribution in [1.29, 1.82) is 0 Å². The van der Waals surface area contributed by atoms with E-state index >= 15 is 0 Å². The van der Waals surface area contributed by atoms with Gasteiger partial charge in [-0.1, -0.05) is 42.5 Å². The van der Waals surface area contributed by atoms with Crippen LogP contribution in [0.2, 0.25) is 0 Å². The highest BCUT2D eigenvalue weighted by Gasteiger charge is 2.22. The molecule has 160 valence electrons. The molecule has 0 saturated heterocycles. The molecule has 6 nitrogen and oxygen atoms in total. The Balaban J connectivity index is 1.83. The Hall–Kier alpha value is -3.80. The zero-order valence-electron chi connectivity index (χ0n) is 18.6. The molecule has 0 heterocycles. The summed E-state index contributed by atoms with van der Waals surface area (Å²) >= 11 is 0. The average molecular weight is 417 g/mol. The van der Waals surface area contributed by atoms with Gasteiger partial charge in [0.25, 0.3) is 0 Å². The van der Waals surface area contributed by atoms with Crippen LogP contribution in [0.4, 0.5) is 32.3 Å². The standard InChI is InChI=1S/C25H28N4O2/c1-19-16-17-22(28(4)24(30)26(2)20-12-8-6-9-13-20)18-23(19)29(5)25(31)27(3)21-14-10-7-11-15-21/h6-18H,1-5H3. The van der Waals surface area contributed by atoms with Crippen LogP contribution in [-0.4, -0.2) is 40.3 Å². The van der Waals surface area contributed by atoms with Crippen LogP contribution in [-0.2, 0) is 0 Å². The van der Waals surface area contributed by atoms with Crippen molar-refractivity contribution >= 4 is 34.8 Å². The molecule has 4 amide bonds. The predicted octanol–water partition coefficient (Wildman–Crippen LogP) is 5.38. The SMILES string of the molecule is Cc1ccc(N(C)C(=O)N(C)c2ccccc2)cc1N(C)C(=O)N(C)c1ccccc1. The predicted molar refractivity (Wildman–Crippen MR) is 128 cm³/mol. The number of benzene rings is 3. The third-order valence-electron chi connectivity index (χ3n) is 5.38. The molecule has 0 aromatic heterocycles. The Morgan fingerprint density at radius 1 is 0.548 bits per heavy atom. The highest BCUT2D eigenvalue weighted by molar-refractivity contribution is 6.05. The summed E-state index contributed by atoms with van der Waals surface area (Å²) in [6, 6.07) is 24.3. The van der Waals surface area contributed by atoms with Crippen molar-refractivity contribution in [2.75, 3.05) is 47.8 Å². The van der Waals surface area contributed by atoms with Crippen LogP contribution in [0.5, 0.6) is 0 Å². The van der Waals surface area contributed by atoms with Gasteiger partial charge >= 0.3 is 12.1 Å². The molecule has 0 aliphatic heterocycles. The molecule has 0 fully saturated rings. The number of carbonyl (C=O) groups excluding carboxylic acids is 2. The van der Waals surface area contributed by atoms with Crippen molar-refractivity contribution < 1.29 is 9.59 Å².